The van der Waals surface area contributed by atoms with Crippen LogP contribution < -0.4 is 9.47 Å². The molecule has 0 atom stereocenters. The third-order valence-electron chi connectivity index (χ3n) is 3.36. The maximum absolute atomic E-state index is 12.0. The highest BCUT2D eigenvalue weighted by atomic mass is 35.5. The quantitative estimate of drug-likeness (QED) is 0.778. The van der Waals surface area contributed by atoms with E-state index in [9.17, 15) is 4.79 Å². The number of halogens is 2. The molecular formula is C17H14Cl2O4. The van der Waals surface area contributed by atoms with E-state index in [0.717, 1.165) is 5.56 Å². The summed E-state index contributed by atoms with van der Waals surface area (Å²) in [5.74, 6) is 1.01. The van der Waals surface area contributed by atoms with E-state index >= 15 is 0 Å². The van der Waals surface area contributed by atoms with Gasteiger partial charge in [-0.2, -0.15) is 0 Å². The molecule has 2 aromatic rings. The lowest BCUT2D eigenvalue weighted by Gasteiger charge is -2.18. The Hall–Kier alpha value is -1.91. The third-order valence-corrected chi connectivity index (χ3v) is 3.95. The Labute approximate surface area is 143 Å². The van der Waals surface area contributed by atoms with Gasteiger partial charge in [0.25, 0.3) is 0 Å². The molecule has 0 radical (unpaired) electrons. The fourth-order valence-corrected chi connectivity index (χ4v) is 2.68. The number of esters is 1. The normalized spacial score (nSPS) is 12.8. The minimum atomic E-state index is -0.340. The summed E-state index contributed by atoms with van der Waals surface area (Å²) in [5, 5.41) is 1.02. The lowest BCUT2D eigenvalue weighted by molar-refractivity contribution is -0.144. The molecule has 0 aromatic heterocycles. The maximum Gasteiger partial charge on any atom is 0.310 e. The van der Waals surface area contributed by atoms with Crippen LogP contribution in [0.15, 0.2) is 36.4 Å². The molecule has 6 heteroatoms. The third kappa shape index (κ3) is 4.09. The fraction of sp³-hybridized carbons (Fsp3) is 0.235. The zero-order chi connectivity index (χ0) is 16.2. The number of hydrogen-bond donors (Lipinski definition) is 0. The Balaban J connectivity index is 1.59. The van der Waals surface area contributed by atoms with Gasteiger partial charge in [0.1, 0.15) is 19.8 Å². The van der Waals surface area contributed by atoms with Crippen molar-refractivity contribution in [1.82, 2.24) is 0 Å². The van der Waals surface area contributed by atoms with Crippen LogP contribution in [0.4, 0.5) is 0 Å². The number of carbonyl (C=O) groups excluding carboxylic acids is 1. The van der Waals surface area contributed by atoms with Crippen LogP contribution in [0.1, 0.15) is 11.1 Å². The average molecular weight is 353 g/mol. The maximum atomic E-state index is 12.0. The van der Waals surface area contributed by atoms with Crippen LogP contribution >= 0.6 is 23.2 Å². The van der Waals surface area contributed by atoms with Gasteiger partial charge >= 0.3 is 5.97 Å². The highest BCUT2D eigenvalue weighted by Gasteiger charge is 2.14. The molecule has 0 fully saturated rings. The SMILES string of the molecule is O=C(Cc1ccc2c(c1)OCCO2)OCc1ccc(Cl)cc1Cl. The number of hydrogen-bond acceptors (Lipinski definition) is 4. The summed E-state index contributed by atoms with van der Waals surface area (Å²) in [7, 11) is 0. The van der Waals surface area contributed by atoms with Gasteiger partial charge in [-0.25, -0.2) is 0 Å². The molecule has 0 amide bonds. The second kappa shape index (κ2) is 7.11. The Morgan fingerprint density at radius 1 is 1.04 bits per heavy atom. The summed E-state index contributed by atoms with van der Waals surface area (Å²) < 4.78 is 16.2. The topological polar surface area (TPSA) is 44.8 Å². The van der Waals surface area contributed by atoms with Crippen LogP contribution in [0, 0.1) is 0 Å². The van der Waals surface area contributed by atoms with Gasteiger partial charge in [-0.3, -0.25) is 4.79 Å². The summed E-state index contributed by atoms with van der Waals surface area (Å²) in [6.07, 6.45) is 0.155. The second-order valence-electron chi connectivity index (χ2n) is 5.05. The van der Waals surface area contributed by atoms with E-state index in [1.165, 1.54) is 0 Å². The van der Waals surface area contributed by atoms with Crippen LogP contribution in [-0.4, -0.2) is 19.2 Å². The number of rotatable bonds is 4. The van der Waals surface area contributed by atoms with Crippen LogP contribution in [-0.2, 0) is 22.6 Å². The van der Waals surface area contributed by atoms with Crippen molar-refractivity contribution in [1.29, 1.82) is 0 Å². The standard InChI is InChI=1S/C17H14Cl2O4/c18-13-3-2-12(14(19)9-13)10-23-17(20)8-11-1-4-15-16(7-11)22-6-5-21-15/h1-4,7,9H,5-6,8,10H2. The van der Waals surface area contributed by atoms with Gasteiger partial charge < -0.3 is 14.2 Å². The molecule has 0 N–H and O–H groups in total. The van der Waals surface area contributed by atoms with E-state index in [0.29, 0.717) is 40.3 Å². The molecule has 23 heavy (non-hydrogen) atoms. The Kier molecular flexibility index (Phi) is 4.94. The largest absolute Gasteiger partial charge is 0.486 e. The minimum Gasteiger partial charge on any atom is -0.486 e. The Morgan fingerprint density at radius 3 is 2.61 bits per heavy atom. The van der Waals surface area contributed by atoms with Gasteiger partial charge in [0.15, 0.2) is 11.5 Å². The molecule has 1 heterocycles. The van der Waals surface area contributed by atoms with E-state index in [2.05, 4.69) is 0 Å². The first-order valence-electron chi connectivity index (χ1n) is 7.10. The van der Waals surface area contributed by atoms with E-state index in [1.807, 2.05) is 6.07 Å². The van der Waals surface area contributed by atoms with E-state index in [-0.39, 0.29) is 19.0 Å². The predicted octanol–water partition coefficient (Wildman–Crippen LogP) is 4.05. The van der Waals surface area contributed by atoms with Gasteiger partial charge in [-0.1, -0.05) is 35.3 Å². The molecule has 0 unspecified atom stereocenters. The van der Waals surface area contributed by atoms with Crippen LogP contribution in [0.2, 0.25) is 10.0 Å². The van der Waals surface area contributed by atoms with Crippen molar-refractivity contribution < 1.29 is 19.0 Å². The highest BCUT2D eigenvalue weighted by molar-refractivity contribution is 6.35. The van der Waals surface area contributed by atoms with Crippen LogP contribution in [0.3, 0.4) is 0 Å². The van der Waals surface area contributed by atoms with Crippen molar-refractivity contribution in [3.63, 3.8) is 0 Å². The molecule has 1 aliphatic rings. The summed E-state index contributed by atoms with van der Waals surface area (Å²) in [5.41, 5.74) is 1.52. The molecule has 0 spiro atoms. The van der Waals surface area contributed by atoms with Crippen LogP contribution in [0.25, 0.3) is 0 Å². The summed E-state index contributed by atoms with van der Waals surface area (Å²) in [6.45, 7) is 1.16. The molecular weight excluding hydrogens is 339 g/mol. The number of ether oxygens (including phenoxy) is 3. The molecule has 0 saturated carbocycles. The zero-order valence-electron chi connectivity index (χ0n) is 12.2. The summed E-state index contributed by atoms with van der Waals surface area (Å²) >= 11 is 11.9. The van der Waals surface area contributed by atoms with Gasteiger partial charge in [0.05, 0.1) is 6.42 Å². The molecule has 4 nitrogen and oxygen atoms in total. The summed E-state index contributed by atoms with van der Waals surface area (Å²) in [6, 6.07) is 10.5. The van der Waals surface area contributed by atoms with Crippen LogP contribution in [0.5, 0.6) is 11.5 Å². The van der Waals surface area contributed by atoms with Crippen molar-refractivity contribution in [2.24, 2.45) is 0 Å². The van der Waals surface area contributed by atoms with Crippen molar-refractivity contribution >= 4 is 29.2 Å². The molecule has 0 saturated heterocycles. The van der Waals surface area contributed by atoms with Crippen molar-refractivity contribution in [3.8, 4) is 11.5 Å². The minimum absolute atomic E-state index is 0.111. The lowest BCUT2D eigenvalue weighted by atomic mass is 10.1. The molecule has 3 rings (SSSR count). The van der Waals surface area contributed by atoms with Gasteiger partial charge in [-0.05, 0) is 29.8 Å². The number of carbonyl (C=O) groups is 1. The Morgan fingerprint density at radius 2 is 1.83 bits per heavy atom. The lowest BCUT2D eigenvalue weighted by Crippen LogP contribution is -2.16. The first-order chi connectivity index (χ1) is 11.1. The summed E-state index contributed by atoms with van der Waals surface area (Å²) in [4.78, 5) is 12.0. The van der Waals surface area contributed by atoms with Crippen molar-refractivity contribution in [2.45, 2.75) is 13.0 Å². The predicted molar refractivity (Wildman–Crippen MR) is 87.4 cm³/mol. The Bertz CT molecular complexity index is 731. The van der Waals surface area contributed by atoms with E-state index < -0.39 is 0 Å². The first kappa shape index (κ1) is 16.0. The molecule has 120 valence electrons. The van der Waals surface area contributed by atoms with Gasteiger partial charge in [0, 0.05) is 15.6 Å². The van der Waals surface area contributed by atoms with Gasteiger partial charge in [-0.15, -0.1) is 0 Å². The number of fused-ring (bicyclic) bond motifs is 1. The van der Waals surface area contributed by atoms with Gasteiger partial charge in [0.2, 0.25) is 0 Å². The van der Waals surface area contributed by atoms with E-state index in [1.54, 1.807) is 30.3 Å². The molecule has 2 aromatic carbocycles. The molecule has 0 bridgehead atoms. The average Bonchev–Trinajstić information content (AvgIpc) is 2.54. The monoisotopic (exact) mass is 352 g/mol. The smallest absolute Gasteiger partial charge is 0.310 e. The zero-order valence-corrected chi connectivity index (χ0v) is 13.7. The number of benzene rings is 2. The first-order valence-corrected chi connectivity index (χ1v) is 7.85. The second-order valence-corrected chi connectivity index (χ2v) is 5.89. The molecule has 1 aliphatic heterocycles. The molecule has 0 aliphatic carbocycles. The van der Waals surface area contributed by atoms with E-state index in [4.69, 9.17) is 37.4 Å². The van der Waals surface area contributed by atoms with Crippen molar-refractivity contribution in [3.05, 3.63) is 57.6 Å². The fourth-order valence-electron chi connectivity index (χ4n) is 2.21. The highest BCUT2D eigenvalue weighted by Crippen LogP contribution is 2.31. The van der Waals surface area contributed by atoms with Crippen molar-refractivity contribution in [2.75, 3.05) is 13.2 Å².